The van der Waals surface area contributed by atoms with E-state index in [0.717, 1.165) is 92.1 Å². The van der Waals surface area contributed by atoms with Crippen LogP contribution in [0.2, 0.25) is 0 Å². The zero-order valence-corrected chi connectivity index (χ0v) is 40.9. The summed E-state index contributed by atoms with van der Waals surface area (Å²) in [6, 6.07) is 92.4. The molecule has 73 heavy (non-hydrogen) atoms. The van der Waals surface area contributed by atoms with Gasteiger partial charge in [-0.15, -0.1) is 11.3 Å². The number of benzene rings is 10. The number of para-hydroxylation sites is 4. The van der Waals surface area contributed by atoms with E-state index in [2.05, 4.69) is 120 Å². The van der Waals surface area contributed by atoms with Crippen LogP contribution < -0.4 is 28.7 Å². The fraction of sp³-hybridized carbons (Fsp3) is 0.0303. The van der Waals surface area contributed by atoms with Crippen LogP contribution in [0.5, 0.6) is 46.0 Å². The van der Waals surface area contributed by atoms with Crippen LogP contribution in [-0.4, -0.2) is 0 Å². The zero-order chi connectivity index (χ0) is 49.2. The van der Waals surface area contributed by atoms with E-state index in [9.17, 15) is 0 Å². The SMILES string of the molecule is CCc1cc(-c2ccc(N(c3ccc(Oc4ccccc4)cc3)c3ccc(Oc4ccccc4)cc3)cc2)sc1-c1ccc(N(c2ccc(Oc3ccccc3)cc2)c2ccc(Oc3ccccc3)cc2)cc1. The molecule has 1 heterocycles. The third kappa shape index (κ3) is 11.0. The van der Waals surface area contributed by atoms with Crippen LogP contribution in [0, 0.1) is 0 Å². The Kier molecular flexibility index (Phi) is 13.8. The number of aryl methyl sites for hydroxylation is 1. The maximum Gasteiger partial charge on any atom is 0.127 e. The molecule has 0 saturated heterocycles. The highest BCUT2D eigenvalue weighted by Crippen LogP contribution is 2.44. The molecule has 0 radical (unpaired) electrons. The molecule has 0 aliphatic heterocycles. The number of anilines is 6. The summed E-state index contributed by atoms with van der Waals surface area (Å²) in [6.07, 6.45) is 0.911. The molecule has 0 spiro atoms. The third-order valence-corrected chi connectivity index (χ3v) is 13.6. The second-order valence-electron chi connectivity index (χ2n) is 17.2. The quantitative estimate of drug-likeness (QED) is 0.0906. The van der Waals surface area contributed by atoms with Crippen molar-refractivity contribution >= 4 is 45.5 Å². The van der Waals surface area contributed by atoms with Crippen LogP contribution in [0.4, 0.5) is 34.1 Å². The number of ether oxygens (including phenoxy) is 4. The fourth-order valence-electron chi connectivity index (χ4n) is 8.66. The Bertz CT molecular complexity index is 3310. The summed E-state index contributed by atoms with van der Waals surface area (Å²) >= 11 is 1.83. The topological polar surface area (TPSA) is 43.4 Å². The highest BCUT2D eigenvalue weighted by molar-refractivity contribution is 7.19. The van der Waals surface area contributed by atoms with Gasteiger partial charge in [0, 0.05) is 43.9 Å². The van der Waals surface area contributed by atoms with Gasteiger partial charge in [-0.2, -0.15) is 0 Å². The van der Waals surface area contributed by atoms with Crippen LogP contribution in [0.15, 0.2) is 273 Å². The molecule has 0 amide bonds. The molecule has 11 aromatic rings. The molecule has 0 aliphatic carbocycles. The summed E-state index contributed by atoms with van der Waals surface area (Å²) < 4.78 is 24.7. The van der Waals surface area contributed by atoms with Gasteiger partial charge in [-0.3, -0.25) is 0 Å². The molecular weight excluding hydrogens is 917 g/mol. The first-order chi connectivity index (χ1) is 36.1. The van der Waals surface area contributed by atoms with E-state index in [1.54, 1.807) is 0 Å². The van der Waals surface area contributed by atoms with Crippen LogP contribution in [0.1, 0.15) is 12.5 Å². The van der Waals surface area contributed by atoms with E-state index < -0.39 is 0 Å². The van der Waals surface area contributed by atoms with E-state index in [4.69, 9.17) is 18.9 Å². The van der Waals surface area contributed by atoms with Crippen molar-refractivity contribution in [1.29, 1.82) is 0 Å². The van der Waals surface area contributed by atoms with Crippen molar-refractivity contribution in [1.82, 2.24) is 0 Å². The van der Waals surface area contributed by atoms with Gasteiger partial charge in [0.1, 0.15) is 46.0 Å². The molecule has 0 bridgehead atoms. The average Bonchev–Trinajstić information content (AvgIpc) is 3.89. The van der Waals surface area contributed by atoms with Crippen molar-refractivity contribution in [3.63, 3.8) is 0 Å². The average molecular weight is 967 g/mol. The van der Waals surface area contributed by atoms with E-state index >= 15 is 0 Å². The molecule has 11 rings (SSSR count). The van der Waals surface area contributed by atoms with Crippen molar-refractivity contribution in [2.75, 3.05) is 9.80 Å². The first-order valence-corrected chi connectivity index (χ1v) is 25.2. The Morgan fingerprint density at radius 3 is 0.808 bits per heavy atom. The minimum Gasteiger partial charge on any atom is -0.457 e. The van der Waals surface area contributed by atoms with E-state index in [0.29, 0.717) is 0 Å². The van der Waals surface area contributed by atoms with Gasteiger partial charge in [0.15, 0.2) is 0 Å². The van der Waals surface area contributed by atoms with Crippen LogP contribution in [-0.2, 0) is 6.42 Å². The van der Waals surface area contributed by atoms with Gasteiger partial charge in [0.25, 0.3) is 0 Å². The lowest BCUT2D eigenvalue weighted by atomic mass is 10.1. The maximum absolute atomic E-state index is 6.16. The molecule has 1 aromatic heterocycles. The summed E-state index contributed by atoms with van der Waals surface area (Å²) in [5, 5.41) is 0. The summed E-state index contributed by atoms with van der Waals surface area (Å²) in [5.74, 6) is 6.25. The van der Waals surface area contributed by atoms with Crippen molar-refractivity contribution in [2.45, 2.75) is 13.3 Å². The second kappa shape index (κ2) is 21.8. The van der Waals surface area contributed by atoms with Crippen LogP contribution >= 0.6 is 11.3 Å². The van der Waals surface area contributed by atoms with Crippen molar-refractivity contribution in [2.24, 2.45) is 0 Å². The lowest BCUT2D eigenvalue weighted by Crippen LogP contribution is -2.09. The Morgan fingerprint density at radius 2 is 0.534 bits per heavy atom. The van der Waals surface area contributed by atoms with Gasteiger partial charge >= 0.3 is 0 Å². The zero-order valence-electron chi connectivity index (χ0n) is 40.1. The molecule has 0 fully saturated rings. The van der Waals surface area contributed by atoms with Gasteiger partial charge in [0.2, 0.25) is 0 Å². The molecular formula is C66H50N2O4S. The summed E-state index contributed by atoms with van der Waals surface area (Å²) in [4.78, 5) is 7.00. The lowest BCUT2D eigenvalue weighted by Gasteiger charge is -2.26. The summed E-state index contributed by atoms with van der Waals surface area (Å²) in [5.41, 5.74) is 9.72. The van der Waals surface area contributed by atoms with Gasteiger partial charge in [-0.05, 0) is 199 Å². The van der Waals surface area contributed by atoms with Crippen molar-refractivity contribution in [3.8, 4) is 66.9 Å². The smallest absolute Gasteiger partial charge is 0.127 e. The van der Waals surface area contributed by atoms with Gasteiger partial charge in [-0.1, -0.05) is 104 Å². The predicted octanol–water partition coefficient (Wildman–Crippen LogP) is 19.8. The molecule has 0 atom stereocenters. The molecule has 354 valence electrons. The fourth-order valence-corrected chi connectivity index (χ4v) is 9.92. The Morgan fingerprint density at radius 1 is 0.288 bits per heavy atom. The van der Waals surface area contributed by atoms with E-state index in [1.165, 1.54) is 20.9 Å². The number of rotatable bonds is 17. The predicted molar refractivity (Wildman–Crippen MR) is 300 cm³/mol. The second-order valence-corrected chi connectivity index (χ2v) is 18.3. The molecule has 0 aliphatic rings. The third-order valence-electron chi connectivity index (χ3n) is 12.3. The monoisotopic (exact) mass is 966 g/mol. The largest absolute Gasteiger partial charge is 0.457 e. The van der Waals surface area contributed by atoms with E-state index in [-0.39, 0.29) is 0 Å². The molecule has 6 nitrogen and oxygen atoms in total. The Hall–Kier alpha value is -9.30. The standard InChI is InChI=1S/C66H50N2O4S/c1-2-48-47-65(49-23-27-51(28-24-49)67(53-31-39-61(40-32-53)69-57-15-7-3-8-16-57)54-33-41-62(42-34-54)70-58-17-9-4-10-18-58)73-66(48)50-25-29-52(30-26-50)68(55-35-43-63(44-36-55)71-59-19-11-5-12-20-59)56-37-45-64(46-38-56)72-60-21-13-6-14-22-60/h3-47H,2H2,1H3. The minimum absolute atomic E-state index is 0.768. The number of hydrogen-bond donors (Lipinski definition) is 0. The molecule has 0 saturated carbocycles. The highest BCUT2D eigenvalue weighted by atomic mass is 32.1. The molecule has 7 heteroatoms. The van der Waals surface area contributed by atoms with Gasteiger partial charge in [-0.25, -0.2) is 0 Å². The van der Waals surface area contributed by atoms with Crippen molar-refractivity contribution < 1.29 is 18.9 Å². The number of nitrogens with zero attached hydrogens (tertiary/aromatic N) is 2. The van der Waals surface area contributed by atoms with Gasteiger partial charge in [0.05, 0.1) is 0 Å². The van der Waals surface area contributed by atoms with Crippen LogP contribution in [0.3, 0.4) is 0 Å². The van der Waals surface area contributed by atoms with Gasteiger partial charge < -0.3 is 28.7 Å². The molecule has 0 N–H and O–H groups in total. The first kappa shape index (κ1) is 46.1. The summed E-state index contributed by atoms with van der Waals surface area (Å²) in [7, 11) is 0. The highest BCUT2D eigenvalue weighted by Gasteiger charge is 2.18. The Labute approximate surface area is 430 Å². The van der Waals surface area contributed by atoms with E-state index in [1.807, 2.05) is 181 Å². The van der Waals surface area contributed by atoms with Crippen molar-refractivity contribution in [3.05, 3.63) is 279 Å². The summed E-state index contributed by atoms with van der Waals surface area (Å²) in [6.45, 7) is 2.23. The Balaban J connectivity index is 0.865. The molecule has 10 aromatic carbocycles. The minimum atomic E-state index is 0.768. The number of hydrogen-bond acceptors (Lipinski definition) is 7. The maximum atomic E-state index is 6.16. The number of thiophene rings is 1. The molecule has 0 unspecified atom stereocenters. The first-order valence-electron chi connectivity index (χ1n) is 24.3. The van der Waals surface area contributed by atoms with Crippen LogP contribution in [0.25, 0.3) is 20.9 Å². The normalized spacial score (nSPS) is 10.9. The lowest BCUT2D eigenvalue weighted by molar-refractivity contribution is 0.482.